The van der Waals surface area contributed by atoms with Crippen LogP contribution in [0.25, 0.3) is 0 Å². The fourth-order valence-electron chi connectivity index (χ4n) is 9.63. The van der Waals surface area contributed by atoms with E-state index < -0.39 is 6.10 Å². The fourth-order valence-corrected chi connectivity index (χ4v) is 9.63. The second kappa shape index (κ2) is 59.9. The molecule has 0 aliphatic heterocycles. The maximum Gasteiger partial charge on any atom is 0.306 e. The van der Waals surface area contributed by atoms with Crippen molar-refractivity contribution in [3.8, 4) is 0 Å². The van der Waals surface area contributed by atoms with Gasteiger partial charge in [0.1, 0.15) is 6.61 Å². The molecule has 0 rings (SSSR count). The Balaban J connectivity index is 4.20. The van der Waals surface area contributed by atoms with Crippen molar-refractivity contribution >= 4 is 11.9 Å². The highest BCUT2D eigenvalue weighted by atomic mass is 16.6. The minimum atomic E-state index is -0.530. The van der Waals surface area contributed by atoms with Crippen LogP contribution in [0.4, 0.5) is 0 Å². The topological polar surface area (TPSA) is 61.8 Å². The number of esters is 2. The Morgan fingerprint density at radius 3 is 0.897 bits per heavy atom. The molecule has 0 aliphatic carbocycles. The number of hydrogen-bond donors (Lipinski definition) is 0. The van der Waals surface area contributed by atoms with Crippen LogP contribution < -0.4 is 0 Å². The molecule has 0 bridgehead atoms. The van der Waals surface area contributed by atoms with Gasteiger partial charge in [-0.25, -0.2) is 0 Å². The number of carbonyl (C=O) groups is 2. The smallest absolute Gasteiger partial charge is 0.306 e. The second-order valence-electron chi connectivity index (χ2n) is 21.3. The third-order valence-corrected chi connectivity index (χ3v) is 14.3. The number of allylic oxidation sites excluding steroid dienone is 2. The molecular weight excluding hydrogens is 837 g/mol. The average molecular weight is 960 g/mol. The molecule has 0 N–H and O–H groups in total. The van der Waals surface area contributed by atoms with Crippen molar-refractivity contribution in [1.29, 1.82) is 0 Å². The summed E-state index contributed by atoms with van der Waals surface area (Å²) < 4.78 is 17.5. The van der Waals surface area contributed by atoms with Crippen molar-refractivity contribution in [3.05, 3.63) is 12.2 Å². The van der Waals surface area contributed by atoms with E-state index in [4.69, 9.17) is 14.2 Å². The summed E-state index contributed by atoms with van der Waals surface area (Å²) in [5.41, 5.74) is 0. The third kappa shape index (κ3) is 57.2. The molecule has 0 spiro atoms. The van der Waals surface area contributed by atoms with Gasteiger partial charge < -0.3 is 14.2 Å². The van der Waals surface area contributed by atoms with Gasteiger partial charge in [0.05, 0.1) is 6.61 Å². The number of ether oxygens (including phenoxy) is 3. The number of carbonyl (C=O) groups excluding carboxylic acids is 2. The van der Waals surface area contributed by atoms with Gasteiger partial charge in [0.25, 0.3) is 0 Å². The van der Waals surface area contributed by atoms with Gasteiger partial charge in [0, 0.05) is 19.4 Å². The molecule has 404 valence electrons. The second-order valence-corrected chi connectivity index (χ2v) is 21.3. The molecule has 0 saturated heterocycles. The summed E-state index contributed by atoms with van der Waals surface area (Å²) in [6.07, 6.45) is 71.0. The van der Waals surface area contributed by atoms with Crippen LogP contribution in [0.5, 0.6) is 0 Å². The lowest BCUT2D eigenvalue weighted by Crippen LogP contribution is -2.30. The molecule has 0 saturated carbocycles. The summed E-state index contributed by atoms with van der Waals surface area (Å²) in [6.45, 7) is 7.92. The predicted octanol–water partition coefficient (Wildman–Crippen LogP) is 21.4. The van der Waals surface area contributed by atoms with Crippen LogP contribution in [0.2, 0.25) is 0 Å². The first kappa shape index (κ1) is 66.6. The zero-order chi connectivity index (χ0) is 49.2. The lowest BCUT2D eigenvalue weighted by molar-refractivity contribution is -0.163. The Kier molecular flexibility index (Phi) is 58.7. The zero-order valence-electron chi connectivity index (χ0n) is 46.7. The van der Waals surface area contributed by atoms with E-state index in [1.54, 1.807) is 0 Å². The number of hydrogen-bond acceptors (Lipinski definition) is 5. The highest BCUT2D eigenvalue weighted by molar-refractivity contribution is 5.70. The molecule has 0 aromatic rings. The third-order valence-electron chi connectivity index (χ3n) is 14.3. The van der Waals surface area contributed by atoms with Gasteiger partial charge in [0.15, 0.2) is 6.10 Å². The number of unbranched alkanes of at least 4 members (excludes halogenated alkanes) is 46. The molecule has 0 radical (unpaired) electrons. The van der Waals surface area contributed by atoms with E-state index in [0.717, 1.165) is 32.1 Å². The van der Waals surface area contributed by atoms with Gasteiger partial charge in [-0.3, -0.25) is 9.59 Å². The van der Waals surface area contributed by atoms with E-state index in [2.05, 4.69) is 32.9 Å². The minimum absolute atomic E-state index is 0.0941. The molecule has 5 heteroatoms. The van der Waals surface area contributed by atoms with Crippen molar-refractivity contribution < 1.29 is 23.8 Å². The first-order valence-electron chi connectivity index (χ1n) is 31.2. The predicted molar refractivity (Wildman–Crippen MR) is 298 cm³/mol. The van der Waals surface area contributed by atoms with Crippen molar-refractivity contribution in [2.45, 2.75) is 361 Å². The number of rotatable bonds is 59. The molecule has 0 aromatic heterocycles. The molecule has 0 fully saturated rings. The Hall–Kier alpha value is -1.36. The van der Waals surface area contributed by atoms with Gasteiger partial charge >= 0.3 is 11.9 Å². The molecule has 0 amide bonds. The van der Waals surface area contributed by atoms with E-state index in [9.17, 15) is 9.59 Å². The Labute approximate surface area is 426 Å². The standard InChI is InChI=1S/C63H122O5/c1-4-7-10-13-16-19-22-25-28-31-32-34-35-38-41-44-47-50-53-56-62(64)67-60-61(59-66-58-55-52-49-46-43-40-37-30-27-24-21-18-15-12-9-6-3)68-63(65)57-54-51-48-45-42-39-36-33-29-26-23-20-17-14-11-8-5-2/h26,29,61H,4-25,27-28,30-60H2,1-3H3/b29-26-/t61-/m1/s1. The van der Waals surface area contributed by atoms with Gasteiger partial charge in [-0.1, -0.05) is 309 Å². The van der Waals surface area contributed by atoms with Crippen LogP contribution in [0, 0.1) is 0 Å². The molecule has 0 heterocycles. The van der Waals surface area contributed by atoms with E-state index in [-0.39, 0.29) is 18.5 Å². The minimum Gasteiger partial charge on any atom is -0.462 e. The summed E-state index contributed by atoms with van der Waals surface area (Å²) in [6, 6.07) is 0. The fraction of sp³-hybridized carbons (Fsp3) is 0.937. The van der Waals surface area contributed by atoms with E-state index in [1.165, 1.54) is 289 Å². The van der Waals surface area contributed by atoms with Gasteiger partial charge in [-0.15, -0.1) is 0 Å². The quantitative estimate of drug-likeness (QED) is 0.0345. The summed E-state index contributed by atoms with van der Waals surface area (Å²) in [5, 5.41) is 0. The van der Waals surface area contributed by atoms with Crippen LogP contribution in [-0.2, 0) is 23.8 Å². The van der Waals surface area contributed by atoms with Crippen LogP contribution in [-0.4, -0.2) is 37.9 Å². The van der Waals surface area contributed by atoms with Crippen LogP contribution in [0.1, 0.15) is 355 Å². The van der Waals surface area contributed by atoms with Crippen LogP contribution >= 0.6 is 0 Å². The highest BCUT2D eigenvalue weighted by Crippen LogP contribution is 2.18. The van der Waals surface area contributed by atoms with E-state index in [0.29, 0.717) is 26.1 Å². The van der Waals surface area contributed by atoms with E-state index in [1.807, 2.05) is 0 Å². The lowest BCUT2D eigenvalue weighted by Gasteiger charge is -2.18. The molecule has 0 aliphatic rings. The van der Waals surface area contributed by atoms with Crippen molar-refractivity contribution in [3.63, 3.8) is 0 Å². The maximum atomic E-state index is 12.9. The molecule has 0 aromatic carbocycles. The zero-order valence-corrected chi connectivity index (χ0v) is 46.7. The van der Waals surface area contributed by atoms with Crippen LogP contribution in [0.15, 0.2) is 12.2 Å². The molecule has 1 atom stereocenters. The first-order chi connectivity index (χ1) is 33.6. The van der Waals surface area contributed by atoms with Gasteiger partial charge in [-0.05, 0) is 44.9 Å². The van der Waals surface area contributed by atoms with E-state index >= 15 is 0 Å². The molecule has 0 unspecified atom stereocenters. The summed E-state index contributed by atoms with van der Waals surface area (Å²) in [7, 11) is 0. The normalized spacial score (nSPS) is 12.1. The lowest BCUT2D eigenvalue weighted by atomic mass is 10.0. The first-order valence-corrected chi connectivity index (χ1v) is 31.2. The van der Waals surface area contributed by atoms with Crippen molar-refractivity contribution in [2.24, 2.45) is 0 Å². The Morgan fingerprint density at radius 2 is 0.574 bits per heavy atom. The summed E-state index contributed by atoms with van der Waals surface area (Å²) >= 11 is 0. The van der Waals surface area contributed by atoms with Crippen molar-refractivity contribution in [1.82, 2.24) is 0 Å². The summed E-state index contributed by atoms with van der Waals surface area (Å²) in [4.78, 5) is 25.6. The summed E-state index contributed by atoms with van der Waals surface area (Å²) in [5.74, 6) is -0.372. The van der Waals surface area contributed by atoms with Crippen LogP contribution in [0.3, 0.4) is 0 Å². The molecular formula is C63H122O5. The maximum absolute atomic E-state index is 12.9. The largest absolute Gasteiger partial charge is 0.462 e. The Bertz CT molecular complexity index is 994. The highest BCUT2D eigenvalue weighted by Gasteiger charge is 2.18. The van der Waals surface area contributed by atoms with Gasteiger partial charge in [0.2, 0.25) is 0 Å². The average Bonchev–Trinajstić information content (AvgIpc) is 3.34. The van der Waals surface area contributed by atoms with Crippen molar-refractivity contribution in [2.75, 3.05) is 19.8 Å². The molecule has 68 heavy (non-hydrogen) atoms. The van der Waals surface area contributed by atoms with Gasteiger partial charge in [-0.2, -0.15) is 0 Å². The SMILES string of the molecule is CCCCCCCC/C=C\CCCCCCCCCC(=O)O[C@H](COCCCCCCCCCCCCCCCCCC)COC(=O)CCCCCCCCCCCCCCCCCCCCC. The Morgan fingerprint density at radius 1 is 0.309 bits per heavy atom. The molecule has 5 nitrogen and oxygen atoms in total. The monoisotopic (exact) mass is 959 g/mol.